The van der Waals surface area contributed by atoms with Gasteiger partial charge in [-0.05, 0) is 90.7 Å². The number of fused-ring (bicyclic) bond motifs is 1. The number of rotatable bonds is 8. The lowest BCUT2D eigenvalue weighted by molar-refractivity contribution is 0.0569. The summed E-state index contributed by atoms with van der Waals surface area (Å²) in [6.07, 6.45) is 6.52. The van der Waals surface area contributed by atoms with Crippen LogP contribution in [-0.4, -0.2) is 49.3 Å². The third-order valence-electron chi connectivity index (χ3n) is 8.18. The molecule has 1 saturated heterocycles. The Balaban J connectivity index is 1.52. The van der Waals surface area contributed by atoms with E-state index in [0.717, 1.165) is 72.7 Å². The summed E-state index contributed by atoms with van der Waals surface area (Å²) < 4.78 is 8.08. The second-order valence-corrected chi connectivity index (χ2v) is 11.5. The van der Waals surface area contributed by atoms with E-state index < -0.39 is 6.04 Å². The number of nitrogens with one attached hydrogen (secondary N) is 1. The van der Waals surface area contributed by atoms with Gasteiger partial charge in [0.1, 0.15) is 6.04 Å². The van der Waals surface area contributed by atoms with Crippen LogP contribution >= 0.6 is 11.6 Å². The van der Waals surface area contributed by atoms with Gasteiger partial charge in [0.2, 0.25) is 0 Å². The molecule has 2 aromatic carbocycles. The van der Waals surface area contributed by atoms with Crippen molar-refractivity contribution in [3.05, 3.63) is 85.9 Å². The minimum Gasteiger partial charge on any atom is -0.377 e. The fourth-order valence-corrected chi connectivity index (χ4v) is 6.46. The molecule has 0 radical (unpaired) electrons. The van der Waals surface area contributed by atoms with Gasteiger partial charge >= 0.3 is 0 Å². The summed E-state index contributed by atoms with van der Waals surface area (Å²) in [6.45, 7) is 6.14. The third kappa shape index (κ3) is 5.51. The van der Waals surface area contributed by atoms with Gasteiger partial charge in [0, 0.05) is 30.3 Å². The number of hydrogen-bond acceptors (Lipinski definition) is 6. The molecule has 2 fully saturated rings. The first-order chi connectivity index (χ1) is 19.0. The van der Waals surface area contributed by atoms with Crippen molar-refractivity contribution in [2.75, 3.05) is 13.2 Å². The average Bonchev–Trinajstić information content (AvgIpc) is 3.70. The summed E-state index contributed by atoms with van der Waals surface area (Å²) in [5.41, 5.74) is 4.71. The van der Waals surface area contributed by atoms with E-state index in [1.165, 1.54) is 0 Å². The van der Waals surface area contributed by atoms with Gasteiger partial charge in [-0.1, -0.05) is 48.2 Å². The zero-order chi connectivity index (χ0) is 26.9. The number of nitrogens with zero attached hydrogens (tertiary/aromatic N) is 5. The maximum Gasteiger partial charge on any atom is 0.253 e. The molecule has 1 aliphatic heterocycles. The lowest BCUT2D eigenvalue weighted by Crippen LogP contribution is -2.39. The van der Waals surface area contributed by atoms with Crippen LogP contribution in [-0.2, 0) is 11.3 Å². The van der Waals surface area contributed by atoms with E-state index >= 15 is 0 Å². The highest BCUT2D eigenvalue weighted by Gasteiger charge is 2.35. The number of hydrogen-bond donors (Lipinski definition) is 1. The highest BCUT2D eigenvalue weighted by molar-refractivity contribution is 6.30. The van der Waals surface area contributed by atoms with E-state index in [1.807, 2.05) is 41.9 Å². The number of H-pyrrole nitrogens is 1. The highest BCUT2D eigenvalue weighted by atomic mass is 35.5. The Morgan fingerprint density at radius 1 is 1.10 bits per heavy atom. The number of halogens is 1. The van der Waals surface area contributed by atoms with Crippen molar-refractivity contribution in [3.8, 4) is 0 Å². The van der Waals surface area contributed by atoms with Crippen molar-refractivity contribution in [2.45, 2.75) is 77.1 Å². The van der Waals surface area contributed by atoms with Gasteiger partial charge in [-0.25, -0.2) is 4.68 Å². The molecule has 1 aliphatic carbocycles. The van der Waals surface area contributed by atoms with E-state index in [4.69, 9.17) is 16.3 Å². The van der Waals surface area contributed by atoms with Crippen molar-refractivity contribution >= 4 is 22.5 Å². The second kappa shape index (κ2) is 11.2. The Morgan fingerprint density at radius 3 is 2.64 bits per heavy atom. The van der Waals surface area contributed by atoms with Crippen LogP contribution in [0.3, 0.4) is 0 Å². The summed E-state index contributed by atoms with van der Waals surface area (Å²) in [7, 11) is 0. The first-order valence-electron chi connectivity index (χ1n) is 14.0. The average molecular weight is 547 g/mol. The summed E-state index contributed by atoms with van der Waals surface area (Å²) in [5, 5.41) is 14.9. The standard InChI is InChI=1S/C30H35ClN6O2/c1-19-14-20(2)27-22(15-19)16-26(30(38)32-27)28(29-33-34-35-37(29)24-6-3-4-7-24)36(18-25-8-5-13-39-25)17-21-9-11-23(31)12-10-21/h9-12,14-16,24-25,28H,3-8,13,17-18H2,1-2H3,(H,32,38). The minimum absolute atomic E-state index is 0.0830. The van der Waals surface area contributed by atoms with E-state index in [-0.39, 0.29) is 17.7 Å². The summed E-state index contributed by atoms with van der Waals surface area (Å²) in [4.78, 5) is 19.4. The van der Waals surface area contributed by atoms with Gasteiger partial charge in [-0.15, -0.1) is 5.10 Å². The Hall–Kier alpha value is -3.07. The van der Waals surface area contributed by atoms with Crippen LogP contribution < -0.4 is 5.56 Å². The number of pyridine rings is 1. The molecule has 4 aromatic rings. The summed E-state index contributed by atoms with van der Waals surface area (Å²) >= 11 is 6.21. The molecule has 2 atom stereocenters. The molecule has 6 rings (SSSR count). The van der Waals surface area contributed by atoms with Crippen LogP contribution in [0.25, 0.3) is 10.9 Å². The first kappa shape index (κ1) is 26.2. The van der Waals surface area contributed by atoms with Gasteiger partial charge in [0.15, 0.2) is 5.82 Å². The van der Waals surface area contributed by atoms with Gasteiger partial charge in [0.05, 0.1) is 17.7 Å². The largest absolute Gasteiger partial charge is 0.377 e. The van der Waals surface area contributed by atoms with E-state index in [0.29, 0.717) is 29.5 Å². The zero-order valence-electron chi connectivity index (χ0n) is 22.6. The van der Waals surface area contributed by atoms with Crippen molar-refractivity contribution in [3.63, 3.8) is 0 Å². The number of ether oxygens (including phenoxy) is 1. The van der Waals surface area contributed by atoms with Crippen LogP contribution in [0, 0.1) is 13.8 Å². The zero-order valence-corrected chi connectivity index (χ0v) is 23.3. The quantitative estimate of drug-likeness (QED) is 0.306. The predicted molar refractivity (Wildman–Crippen MR) is 152 cm³/mol. The number of aryl methyl sites for hydroxylation is 2. The molecule has 3 heterocycles. The Morgan fingerprint density at radius 2 is 1.90 bits per heavy atom. The molecule has 2 aliphatic rings. The SMILES string of the molecule is Cc1cc(C)c2[nH]c(=O)c(C(c3nnnn3C3CCCC3)N(Cc3ccc(Cl)cc3)CC3CCCO3)cc2c1. The van der Waals surface area contributed by atoms with Crippen LogP contribution in [0.4, 0.5) is 0 Å². The fraction of sp³-hybridized carbons (Fsp3) is 0.467. The Kier molecular flexibility index (Phi) is 7.51. The van der Waals surface area contributed by atoms with E-state index in [1.54, 1.807) is 0 Å². The number of aromatic nitrogens is 5. The number of aromatic amines is 1. The maximum absolute atomic E-state index is 13.9. The van der Waals surface area contributed by atoms with Crippen molar-refractivity contribution in [1.82, 2.24) is 30.1 Å². The van der Waals surface area contributed by atoms with Crippen LogP contribution in [0.1, 0.15) is 78.7 Å². The van der Waals surface area contributed by atoms with Crippen molar-refractivity contribution in [2.24, 2.45) is 0 Å². The minimum atomic E-state index is -0.450. The van der Waals surface area contributed by atoms with Gasteiger partial charge in [-0.2, -0.15) is 0 Å². The van der Waals surface area contributed by atoms with Crippen LogP contribution in [0.5, 0.6) is 0 Å². The van der Waals surface area contributed by atoms with Crippen LogP contribution in [0.15, 0.2) is 47.3 Å². The van der Waals surface area contributed by atoms with Crippen molar-refractivity contribution in [1.29, 1.82) is 0 Å². The molecule has 9 heteroatoms. The smallest absolute Gasteiger partial charge is 0.253 e. The van der Waals surface area contributed by atoms with Crippen LogP contribution in [0.2, 0.25) is 5.02 Å². The molecular formula is C30H35ClN6O2. The Bertz CT molecular complexity index is 1500. The van der Waals surface area contributed by atoms with Crippen molar-refractivity contribution < 1.29 is 4.74 Å². The topological polar surface area (TPSA) is 88.9 Å². The molecule has 2 unspecified atom stereocenters. The third-order valence-corrected chi connectivity index (χ3v) is 8.43. The molecule has 39 heavy (non-hydrogen) atoms. The maximum atomic E-state index is 13.9. The fourth-order valence-electron chi connectivity index (χ4n) is 6.33. The Labute approximate surface area is 233 Å². The monoisotopic (exact) mass is 546 g/mol. The van der Waals surface area contributed by atoms with Gasteiger partial charge in [0.25, 0.3) is 5.56 Å². The lowest BCUT2D eigenvalue weighted by atomic mass is 9.99. The summed E-state index contributed by atoms with van der Waals surface area (Å²) in [5.74, 6) is 0.711. The molecule has 2 aromatic heterocycles. The lowest BCUT2D eigenvalue weighted by Gasteiger charge is -2.33. The molecular weight excluding hydrogens is 512 g/mol. The molecule has 0 bridgehead atoms. The number of benzene rings is 2. The predicted octanol–water partition coefficient (Wildman–Crippen LogP) is 5.67. The molecule has 204 valence electrons. The molecule has 8 nitrogen and oxygen atoms in total. The summed E-state index contributed by atoms with van der Waals surface area (Å²) in [6, 6.07) is 14.0. The highest BCUT2D eigenvalue weighted by Crippen LogP contribution is 2.35. The molecule has 1 saturated carbocycles. The normalized spacial score (nSPS) is 18.9. The van der Waals surface area contributed by atoms with E-state index in [2.05, 4.69) is 44.5 Å². The van der Waals surface area contributed by atoms with Gasteiger partial charge < -0.3 is 9.72 Å². The number of tetrazole rings is 1. The molecule has 0 spiro atoms. The first-order valence-corrected chi connectivity index (χ1v) is 14.4. The van der Waals surface area contributed by atoms with Gasteiger partial charge in [-0.3, -0.25) is 9.69 Å². The second-order valence-electron chi connectivity index (χ2n) is 11.1. The molecule has 1 N–H and O–H groups in total. The van der Waals surface area contributed by atoms with E-state index in [9.17, 15) is 4.79 Å². The molecule has 0 amide bonds.